The fraction of sp³-hybridized carbons (Fsp3) is 0.455. The maximum atomic E-state index is 11.8. The number of ketones is 1. The third-order valence-corrected chi connectivity index (χ3v) is 3.02. The summed E-state index contributed by atoms with van der Waals surface area (Å²) in [5, 5.41) is 3.21. The van der Waals surface area contributed by atoms with E-state index in [1.807, 2.05) is 6.07 Å². The minimum Gasteiger partial charge on any atom is -0.307 e. The number of hydrogen-bond acceptors (Lipinski definition) is 3. The molecule has 2 rings (SSSR count). The first-order valence-electron chi connectivity index (χ1n) is 5.11. The van der Waals surface area contributed by atoms with Crippen molar-refractivity contribution in [3.05, 3.63) is 28.5 Å². The highest BCUT2D eigenvalue weighted by atomic mass is 79.9. The summed E-state index contributed by atoms with van der Waals surface area (Å²) < 4.78 is 0.923. The number of hydrogen-bond donors (Lipinski definition) is 1. The van der Waals surface area contributed by atoms with E-state index >= 15 is 0 Å². The van der Waals surface area contributed by atoms with Crippen LogP contribution in [0.1, 0.15) is 18.4 Å². The number of Topliss-reactive ketones (excluding diaryl/α,β-unsaturated/α-hetero) is 1. The van der Waals surface area contributed by atoms with E-state index in [4.69, 9.17) is 0 Å². The van der Waals surface area contributed by atoms with Crippen LogP contribution in [0, 0.1) is 0 Å². The highest BCUT2D eigenvalue weighted by Gasteiger charge is 2.21. The average molecular weight is 269 g/mol. The van der Waals surface area contributed by atoms with E-state index in [1.165, 1.54) is 0 Å². The molecule has 1 N–H and O–H groups in total. The van der Waals surface area contributed by atoms with Crippen LogP contribution < -0.4 is 5.32 Å². The van der Waals surface area contributed by atoms with E-state index in [0.29, 0.717) is 6.42 Å². The van der Waals surface area contributed by atoms with Gasteiger partial charge in [0.15, 0.2) is 5.78 Å². The summed E-state index contributed by atoms with van der Waals surface area (Å²) in [6.07, 6.45) is 6.02. The minimum absolute atomic E-state index is 0.0592. The highest BCUT2D eigenvalue weighted by Crippen LogP contribution is 2.13. The lowest BCUT2D eigenvalue weighted by atomic mass is 10.0. The van der Waals surface area contributed by atoms with Gasteiger partial charge in [0, 0.05) is 23.3 Å². The molecule has 15 heavy (non-hydrogen) atoms. The molecule has 0 aromatic carbocycles. The molecule has 1 aromatic heterocycles. The number of carbonyl (C=O) groups excluding carboxylic acids is 1. The standard InChI is InChI=1S/C11H13BrN2O/c12-9-4-8(6-13-7-9)5-11(15)10-2-1-3-14-10/h4,6-7,10,14H,1-3,5H2. The van der Waals surface area contributed by atoms with Gasteiger partial charge < -0.3 is 5.32 Å². The van der Waals surface area contributed by atoms with Gasteiger partial charge in [0.05, 0.1) is 6.04 Å². The summed E-state index contributed by atoms with van der Waals surface area (Å²) in [5.74, 6) is 0.271. The van der Waals surface area contributed by atoms with Crippen molar-refractivity contribution in [1.82, 2.24) is 10.3 Å². The first-order valence-corrected chi connectivity index (χ1v) is 5.90. The van der Waals surface area contributed by atoms with Gasteiger partial charge in [-0.2, -0.15) is 0 Å². The molecule has 0 amide bonds. The van der Waals surface area contributed by atoms with Crippen LogP contribution in [-0.4, -0.2) is 23.4 Å². The van der Waals surface area contributed by atoms with Crippen LogP contribution in [0.2, 0.25) is 0 Å². The average Bonchev–Trinajstić information content (AvgIpc) is 2.70. The molecule has 1 aromatic rings. The molecular formula is C11H13BrN2O. The minimum atomic E-state index is 0.0592. The van der Waals surface area contributed by atoms with E-state index < -0.39 is 0 Å². The molecule has 80 valence electrons. The lowest BCUT2D eigenvalue weighted by Gasteiger charge is -2.08. The van der Waals surface area contributed by atoms with Crippen LogP contribution >= 0.6 is 15.9 Å². The first kappa shape index (κ1) is 10.8. The van der Waals surface area contributed by atoms with E-state index in [1.54, 1.807) is 12.4 Å². The van der Waals surface area contributed by atoms with Crippen LogP contribution in [0.15, 0.2) is 22.9 Å². The van der Waals surface area contributed by atoms with Crippen molar-refractivity contribution < 1.29 is 4.79 Å². The zero-order valence-electron chi connectivity index (χ0n) is 8.37. The SMILES string of the molecule is O=C(Cc1cncc(Br)c1)C1CCCN1. The molecule has 0 saturated carbocycles. The second-order valence-electron chi connectivity index (χ2n) is 3.80. The quantitative estimate of drug-likeness (QED) is 0.908. The number of nitrogens with one attached hydrogen (secondary N) is 1. The Bertz CT molecular complexity index is 361. The molecule has 0 aliphatic carbocycles. The van der Waals surface area contributed by atoms with Crippen LogP contribution in [0.4, 0.5) is 0 Å². The number of rotatable bonds is 3. The van der Waals surface area contributed by atoms with Crippen LogP contribution in [0.3, 0.4) is 0 Å². The Hall–Kier alpha value is -0.740. The fourth-order valence-electron chi connectivity index (χ4n) is 1.84. The number of pyridine rings is 1. The van der Waals surface area contributed by atoms with Crippen molar-refractivity contribution in [1.29, 1.82) is 0 Å². The van der Waals surface area contributed by atoms with Gasteiger partial charge in [-0.3, -0.25) is 9.78 Å². The molecule has 4 heteroatoms. The summed E-state index contributed by atoms with van der Waals surface area (Å²) in [6, 6.07) is 2.00. The zero-order valence-corrected chi connectivity index (χ0v) is 9.96. The van der Waals surface area contributed by atoms with E-state index in [0.717, 1.165) is 29.4 Å². The van der Waals surface area contributed by atoms with Crippen LogP contribution in [0.25, 0.3) is 0 Å². The Morgan fingerprint density at radius 1 is 1.60 bits per heavy atom. The van der Waals surface area contributed by atoms with Crippen molar-refractivity contribution in [3.8, 4) is 0 Å². The molecule has 0 spiro atoms. The first-order chi connectivity index (χ1) is 7.25. The summed E-state index contributed by atoms with van der Waals surface area (Å²) in [5.41, 5.74) is 0.975. The molecule has 3 nitrogen and oxygen atoms in total. The van der Waals surface area contributed by atoms with E-state index in [-0.39, 0.29) is 11.8 Å². The molecule has 1 aliphatic rings. The van der Waals surface area contributed by atoms with Crippen LogP contribution in [-0.2, 0) is 11.2 Å². The van der Waals surface area contributed by atoms with Gasteiger partial charge >= 0.3 is 0 Å². The Balaban J connectivity index is 1.99. The molecule has 1 saturated heterocycles. The number of carbonyl (C=O) groups is 1. The monoisotopic (exact) mass is 268 g/mol. The molecule has 2 heterocycles. The third kappa shape index (κ3) is 2.86. The lowest BCUT2D eigenvalue weighted by molar-refractivity contribution is -0.120. The second kappa shape index (κ2) is 4.86. The second-order valence-corrected chi connectivity index (χ2v) is 4.72. The summed E-state index contributed by atoms with van der Waals surface area (Å²) in [7, 11) is 0. The highest BCUT2D eigenvalue weighted by molar-refractivity contribution is 9.10. The van der Waals surface area contributed by atoms with E-state index in [2.05, 4.69) is 26.2 Å². The fourth-order valence-corrected chi connectivity index (χ4v) is 2.25. The number of aromatic nitrogens is 1. The topological polar surface area (TPSA) is 42.0 Å². The van der Waals surface area contributed by atoms with Crippen molar-refractivity contribution in [2.24, 2.45) is 0 Å². The van der Waals surface area contributed by atoms with Crippen molar-refractivity contribution in [2.75, 3.05) is 6.54 Å². The predicted octanol–water partition coefficient (Wildman–Crippen LogP) is 1.71. The van der Waals surface area contributed by atoms with Gasteiger partial charge in [-0.05, 0) is 46.9 Å². The summed E-state index contributed by atoms with van der Waals surface area (Å²) in [4.78, 5) is 15.9. The van der Waals surface area contributed by atoms with Gasteiger partial charge in [-0.1, -0.05) is 0 Å². The lowest BCUT2D eigenvalue weighted by Crippen LogP contribution is -2.31. The van der Waals surface area contributed by atoms with Gasteiger partial charge in [-0.15, -0.1) is 0 Å². The third-order valence-electron chi connectivity index (χ3n) is 2.59. The van der Waals surface area contributed by atoms with Gasteiger partial charge in [0.1, 0.15) is 0 Å². The Morgan fingerprint density at radius 3 is 3.13 bits per heavy atom. The molecule has 0 bridgehead atoms. The molecule has 1 fully saturated rings. The van der Waals surface area contributed by atoms with Gasteiger partial charge in [-0.25, -0.2) is 0 Å². The van der Waals surface area contributed by atoms with Crippen LogP contribution in [0.5, 0.6) is 0 Å². The van der Waals surface area contributed by atoms with Crippen molar-refractivity contribution >= 4 is 21.7 Å². The van der Waals surface area contributed by atoms with E-state index in [9.17, 15) is 4.79 Å². The largest absolute Gasteiger partial charge is 0.307 e. The van der Waals surface area contributed by atoms with Crippen molar-refractivity contribution in [3.63, 3.8) is 0 Å². The summed E-state index contributed by atoms with van der Waals surface area (Å²) in [6.45, 7) is 0.965. The Morgan fingerprint density at radius 2 is 2.47 bits per heavy atom. The van der Waals surface area contributed by atoms with Gasteiger partial charge in [0.25, 0.3) is 0 Å². The molecule has 1 unspecified atom stereocenters. The normalized spacial score (nSPS) is 20.5. The maximum Gasteiger partial charge on any atom is 0.154 e. The van der Waals surface area contributed by atoms with Crippen molar-refractivity contribution in [2.45, 2.75) is 25.3 Å². The smallest absolute Gasteiger partial charge is 0.154 e. The zero-order chi connectivity index (χ0) is 10.7. The molecule has 0 radical (unpaired) electrons. The van der Waals surface area contributed by atoms with Gasteiger partial charge in [0.2, 0.25) is 0 Å². The summed E-state index contributed by atoms with van der Waals surface area (Å²) >= 11 is 3.35. The Kier molecular flexibility index (Phi) is 3.49. The molecule has 1 atom stereocenters. The Labute approximate surface area is 97.4 Å². The number of halogens is 1. The molecular weight excluding hydrogens is 256 g/mol. The predicted molar refractivity (Wildman–Crippen MR) is 61.7 cm³/mol. The number of nitrogens with zero attached hydrogens (tertiary/aromatic N) is 1. The molecule has 1 aliphatic heterocycles. The maximum absolute atomic E-state index is 11.8.